The molecule has 0 aliphatic carbocycles. The van der Waals surface area contributed by atoms with Crippen molar-refractivity contribution in [2.24, 2.45) is 0 Å². The molecule has 6 nitrogen and oxygen atoms in total. The van der Waals surface area contributed by atoms with Gasteiger partial charge in [-0.25, -0.2) is 0 Å². The van der Waals surface area contributed by atoms with E-state index in [1.54, 1.807) is 24.3 Å². The van der Waals surface area contributed by atoms with Gasteiger partial charge in [0.15, 0.2) is 0 Å². The lowest BCUT2D eigenvalue weighted by molar-refractivity contribution is 0.0778. The van der Waals surface area contributed by atoms with E-state index in [2.05, 4.69) is 31.2 Å². The molecule has 1 amide bonds. The Morgan fingerprint density at radius 2 is 2.33 bits per heavy atom. The zero-order valence-electron chi connectivity index (χ0n) is 10.2. The van der Waals surface area contributed by atoms with Crippen LogP contribution in [0.3, 0.4) is 0 Å². The third-order valence-corrected chi connectivity index (χ3v) is 3.19. The highest BCUT2D eigenvalue weighted by molar-refractivity contribution is 9.10. The SMILES string of the molecule is CCn1cc(CN(C)C(=O)c2[nH]ncc2Br)cn1. The Morgan fingerprint density at radius 3 is 2.89 bits per heavy atom. The van der Waals surface area contributed by atoms with E-state index in [9.17, 15) is 4.79 Å². The van der Waals surface area contributed by atoms with Crippen LogP contribution < -0.4 is 0 Å². The van der Waals surface area contributed by atoms with Crippen LogP contribution in [0, 0.1) is 0 Å². The van der Waals surface area contributed by atoms with Gasteiger partial charge < -0.3 is 4.90 Å². The Bertz CT molecular complexity index is 547. The lowest BCUT2D eigenvalue weighted by atomic mass is 10.3. The van der Waals surface area contributed by atoms with Gasteiger partial charge in [-0.1, -0.05) is 0 Å². The Morgan fingerprint density at radius 1 is 1.56 bits per heavy atom. The highest BCUT2D eigenvalue weighted by atomic mass is 79.9. The molecule has 0 aliphatic heterocycles. The van der Waals surface area contributed by atoms with Crippen molar-refractivity contribution >= 4 is 21.8 Å². The molecule has 7 heteroatoms. The number of carbonyl (C=O) groups is 1. The first-order valence-electron chi connectivity index (χ1n) is 5.57. The Hall–Kier alpha value is -1.63. The maximum absolute atomic E-state index is 12.1. The predicted octanol–water partition coefficient (Wildman–Crippen LogP) is 1.66. The number of hydrogen-bond donors (Lipinski definition) is 1. The van der Waals surface area contributed by atoms with Gasteiger partial charge in [0.25, 0.3) is 5.91 Å². The summed E-state index contributed by atoms with van der Waals surface area (Å²) in [5.41, 5.74) is 1.46. The van der Waals surface area contributed by atoms with Crippen molar-refractivity contribution in [2.75, 3.05) is 7.05 Å². The summed E-state index contributed by atoms with van der Waals surface area (Å²) >= 11 is 3.28. The average molecular weight is 312 g/mol. The summed E-state index contributed by atoms with van der Waals surface area (Å²) in [4.78, 5) is 13.7. The van der Waals surface area contributed by atoms with Crippen LogP contribution in [0.2, 0.25) is 0 Å². The Balaban J connectivity index is 2.06. The van der Waals surface area contributed by atoms with Gasteiger partial charge in [-0.2, -0.15) is 10.2 Å². The quantitative estimate of drug-likeness (QED) is 0.933. The molecule has 2 heterocycles. The van der Waals surface area contributed by atoms with E-state index in [-0.39, 0.29) is 5.91 Å². The minimum absolute atomic E-state index is 0.108. The first-order chi connectivity index (χ1) is 8.61. The molecule has 96 valence electrons. The Kier molecular flexibility index (Phi) is 3.81. The van der Waals surface area contributed by atoms with E-state index < -0.39 is 0 Å². The highest BCUT2D eigenvalue weighted by Gasteiger charge is 2.17. The molecule has 0 bridgehead atoms. The first-order valence-corrected chi connectivity index (χ1v) is 6.36. The molecule has 0 radical (unpaired) electrons. The lowest BCUT2D eigenvalue weighted by Crippen LogP contribution is -2.26. The molecule has 18 heavy (non-hydrogen) atoms. The fourth-order valence-electron chi connectivity index (χ4n) is 1.62. The van der Waals surface area contributed by atoms with Crippen LogP contribution in [0.15, 0.2) is 23.1 Å². The standard InChI is InChI=1S/C11H14BrN5O/c1-3-17-7-8(4-14-17)6-16(2)11(18)10-9(12)5-13-15-10/h4-5,7H,3,6H2,1-2H3,(H,13,15). The van der Waals surface area contributed by atoms with E-state index in [0.29, 0.717) is 16.7 Å². The van der Waals surface area contributed by atoms with Crippen LogP contribution in [0.1, 0.15) is 23.0 Å². The Labute approximate surface area is 113 Å². The number of aryl methyl sites for hydroxylation is 1. The van der Waals surface area contributed by atoms with Crippen molar-refractivity contribution in [3.63, 3.8) is 0 Å². The van der Waals surface area contributed by atoms with E-state index in [4.69, 9.17) is 0 Å². The van der Waals surface area contributed by atoms with Crippen LogP contribution in [0.4, 0.5) is 0 Å². The molecular weight excluding hydrogens is 298 g/mol. The van der Waals surface area contributed by atoms with Gasteiger partial charge in [-0.15, -0.1) is 0 Å². The number of nitrogens with one attached hydrogen (secondary N) is 1. The van der Waals surface area contributed by atoms with Crippen LogP contribution >= 0.6 is 15.9 Å². The summed E-state index contributed by atoms with van der Waals surface area (Å²) in [7, 11) is 1.75. The van der Waals surface area contributed by atoms with Crippen molar-refractivity contribution < 1.29 is 4.79 Å². The molecule has 0 spiro atoms. The predicted molar refractivity (Wildman–Crippen MR) is 70.0 cm³/mol. The number of halogens is 1. The summed E-state index contributed by atoms with van der Waals surface area (Å²) in [5, 5.41) is 10.7. The minimum Gasteiger partial charge on any atom is -0.336 e. The van der Waals surface area contributed by atoms with Gasteiger partial charge in [0, 0.05) is 31.9 Å². The van der Waals surface area contributed by atoms with Gasteiger partial charge in [0.2, 0.25) is 0 Å². The summed E-state index contributed by atoms with van der Waals surface area (Å²) in [6.07, 6.45) is 5.28. The second-order valence-corrected chi connectivity index (χ2v) is 4.81. The largest absolute Gasteiger partial charge is 0.336 e. The molecule has 0 atom stereocenters. The lowest BCUT2D eigenvalue weighted by Gasteiger charge is -2.15. The zero-order chi connectivity index (χ0) is 13.1. The van der Waals surface area contributed by atoms with Crippen LogP contribution in [-0.4, -0.2) is 37.8 Å². The van der Waals surface area contributed by atoms with Crippen molar-refractivity contribution in [2.45, 2.75) is 20.0 Å². The third kappa shape index (κ3) is 2.61. The van der Waals surface area contributed by atoms with Crippen LogP contribution in [-0.2, 0) is 13.1 Å². The second-order valence-electron chi connectivity index (χ2n) is 3.96. The summed E-state index contributed by atoms with van der Waals surface area (Å²) in [5.74, 6) is -0.108. The fourth-order valence-corrected chi connectivity index (χ4v) is 1.98. The van der Waals surface area contributed by atoms with Gasteiger partial charge in [-0.3, -0.25) is 14.6 Å². The fraction of sp³-hybridized carbons (Fsp3) is 0.364. The summed E-state index contributed by atoms with van der Waals surface area (Å²) in [6.45, 7) is 3.36. The second kappa shape index (κ2) is 5.34. The van der Waals surface area contributed by atoms with Gasteiger partial charge in [0.1, 0.15) is 5.69 Å². The minimum atomic E-state index is -0.108. The molecule has 0 saturated heterocycles. The average Bonchev–Trinajstić information content (AvgIpc) is 2.97. The zero-order valence-corrected chi connectivity index (χ0v) is 11.8. The molecule has 2 aromatic heterocycles. The number of rotatable bonds is 4. The van der Waals surface area contributed by atoms with Crippen molar-refractivity contribution in [1.29, 1.82) is 0 Å². The van der Waals surface area contributed by atoms with Gasteiger partial charge in [-0.05, 0) is 22.9 Å². The van der Waals surface area contributed by atoms with Crippen molar-refractivity contribution in [1.82, 2.24) is 24.9 Å². The van der Waals surface area contributed by atoms with Gasteiger partial charge >= 0.3 is 0 Å². The molecule has 0 aromatic carbocycles. The highest BCUT2D eigenvalue weighted by Crippen LogP contribution is 2.15. The van der Waals surface area contributed by atoms with E-state index in [1.165, 1.54) is 0 Å². The topological polar surface area (TPSA) is 66.8 Å². The molecular formula is C11H14BrN5O. The molecule has 0 aliphatic rings. The third-order valence-electron chi connectivity index (χ3n) is 2.58. The van der Waals surface area contributed by atoms with E-state index >= 15 is 0 Å². The number of aromatic nitrogens is 4. The van der Waals surface area contributed by atoms with Gasteiger partial charge in [0.05, 0.1) is 16.9 Å². The maximum atomic E-state index is 12.1. The number of amides is 1. The number of hydrogen-bond acceptors (Lipinski definition) is 3. The molecule has 2 rings (SSSR count). The first kappa shape index (κ1) is 12.8. The molecule has 0 unspecified atom stereocenters. The molecule has 0 fully saturated rings. The number of carbonyl (C=O) groups excluding carboxylic acids is 1. The molecule has 1 N–H and O–H groups in total. The molecule has 2 aromatic rings. The number of H-pyrrole nitrogens is 1. The van der Waals surface area contributed by atoms with Crippen LogP contribution in [0.25, 0.3) is 0 Å². The van der Waals surface area contributed by atoms with E-state index in [1.807, 2.05) is 17.8 Å². The number of aromatic amines is 1. The van der Waals surface area contributed by atoms with Crippen LogP contribution in [0.5, 0.6) is 0 Å². The number of nitrogens with zero attached hydrogens (tertiary/aromatic N) is 4. The maximum Gasteiger partial charge on any atom is 0.273 e. The van der Waals surface area contributed by atoms with Crippen molar-refractivity contribution in [3.8, 4) is 0 Å². The van der Waals surface area contributed by atoms with Crippen molar-refractivity contribution in [3.05, 3.63) is 34.3 Å². The van der Waals surface area contributed by atoms with E-state index in [0.717, 1.165) is 12.1 Å². The monoisotopic (exact) mass is 311 g/mol. The summed E-state index contributed by atoms with van der Waals surface area (Å²) in [6, 6.07) is 0. The smallest absolute Gasteiger partial charge is 0.273 e. The summed E-state index contributed by atoms with van der Waals surface area (Å²) < 4.78 is 2.50. The molecule has 0 saturated carbocycles. The normalized spacial score (nSPS) is 10.6.